The van der Waals surface area contributed by atoms with Crippen molar-refractivity contribution < 1.29 is 9.59 Å². The van der Waals surface area contributed by atoms with Crippen LogP contribution in [-0.2, 0) is 11.2 Å². The summed E-state index contributed by atoms with van der Waals surface area (Å²) < 4.78 is 0. The van der Waals surface area contributed by atoms with Gasteiger partial charge < -0.3 is 10.6 Å². The molecule has 4 heteroatoms. The Labute approximate surface area is 99.4 Å². The number of nitrogens with one attached hydrogen (secondary N) is 2. The van der Waals surface area contributed by atoms with Gasteiger partial charge in [0.2, 0.25) is 5.91 Å². The van der Waals surface area contributed by atoms with Crippen LogP contribution in [0.3, 0.4) is 0 Å². The fourth-order valence-electron chi connectivity index (χ4n) is 2.02. The molecule has 17 heavy (non-hydrogen) atoms. The standard InChI is InChI=1S/C13H14N2O2/c16-12-6-9-3-4-10(5-11(9)15-12)13(17)14-7-8-1-2-8/h3-5,8H,1-2,6-7H2,(H,14,17)(H,15,16). The Balaban J connectivity index is 1.72. The quantitative estimate of drug-likeness (QED) is 0.822. The fraction of sp³-hybridized carbons (Fsp3) is 0.385. The van der Waals surface area contributed by atoms with E-state index in [2.05, 4.69) is 10.6 Å². The Hall–Kier alpha value is -1.84. The molecule has 1 aromatic carbocycles. The predicted molar refractivity (Wildman–Crippen MR) is 63.8 cm³/mol. The number of rotatable bonds is 3. The van der Waals surface area contributed by atoms with E-state index in [4.69, 9.17) is 0 Å². The second-order valence-electron chi connectivity index (χ2n) is 4.75. The average Bonchev–Trinajstić information content (AvgIpc) is 3.06. The van der Waals surface area contributed by atoms with Gasteiger partial charge in [-0.3, -0.25) is 9.59 Å². The Kier molecular flexibility index (Phi) is 2.35. The van der Waals surface area contributed by atoms with E-state index in [0.29, 0.717) is 17.9 Å². The zero-order valence-corrected chi connectivity index (χ0v) is 9.45. The summed E-state index contributed by atoms with van der Waals surface area (Å²) in [4.78, 5) is 23.0. The van der Waals surface area contributed by atoms with E-state index in [-0.39, 0.29) is 11.8 Å². The van der Waals surface area contributed by atoms with Gasteiger partial charge in [-0.25, -0.2) is 0 Å². The zero-order valence-electron chi connectivity index (χ0n) is 9.45. The first-order chi connectivity index (χ1) is 8.22. The summed E-state index contributed by atoms with van der Waals surface area (Å²) in [6, 6.07) is 5.38. The van der Waals surface area contributed by atoms with E-state index in [1.807, 2.05) is 6.07 Å². The van der Waals surface area contributed by atoms with Gasteiger partial charge in [-0.05, 0) is 36.5 Å². The molecule has 1 fully saturated rings. The van der Waals surface area contributed by atoms with Crippen molar-refractivity contribution in [3.05, 3.63) is 29.3 Å². The molecule has 3 rings (SSSR count). The van der Waals surface area contributed by atoms with Crippen LogP contribution in [0.25, 0.3) is 0 Å². The summed E-state index contributed by atoms with van der Waals surface area (Å²) in [5.41, 5.74) is 2.36. The van der Waals surface area contributed by atoms with Crippen LogP contribution in [0.2, 0.25) is 0 Å². The normalized spacial score (nSPS) is 17.5. The number of anilines is 1. The molecule has 1 saturated carbocycles. The topological polar surface area (TPSA) is 58.2 Å². The van der Waals surface area contributed by atoms with Gasteiger partial charge in [0.25, 0.3) is 5.91 Å². The molecule has 0 radical (unpaired) electrons. The SMILES string of the molecule is O=C1Cc2ccc(C(=O)NCC3CC3)cc2N1. The Bertz CT molecular complexity index is 492. The number of carbonyl (C=O) groups is 2. The molecule has 1 aliphatic heterocycles. The number of hydrogen-bond donors (Lipinski definition) is 2. The predicted octanol–water partition coefficient (Wildman–Crippen LogP) is 1.32. The Morgan fingerprint density at radius 3 is 3.00 bits per heavy atom. The van der Waals surface area contributed by atoms with Gasteiger partial charge in [0.05, 0.1) is 6.42 Å². The summed E-state index contributed by atoms with van der Waals surface area (Å²) in [5, 5.41) is 5.66. The van der Waals surface area contributed by atoms with Gasteiger partial charge in [-0.2, -0.15) is 0 Å². The smallest absolute Gasteiger partial charge is 0.251 e. The molecule has 2 aliphatic rings. The van der Waals surface area contributed by atoms with Crippen LogP contribution in [-0.4, -0.2) is 18.4 Å². The summed E-state index contributed by atoms with van der Waals surface area (Å²) in [6.45, 7) is 0.766. The molecule has 2 amide bonds. The third-order valence-corrected chi connectivity index (χ3v) is 3.25. The molecule has 1 aliphatic carbocycles. The molecule has 1 heterocycles. The van der Waals surface area contributed by atoms with Gasteiger partial charge in [-0.1, -0.05) is 6.07 Å². The van der Waals surface area contributed by atoms with Crippen LogP contribution < -0.4 is 10.6 Å². The Morgan fingerprint density at radius 2 is 2.24 bits per heavy atom. The largest absolute Gasteiger partial charge is 0.352 e. The highest BCUT2D eigenvalue weighted by atomic mass is 16.2. The zero-order chi connectivity index (χ0) is 11.8. The van der Waals surface area contributed by atoms with Crippen LogP contribution in [0, 0.1) is 5.92 Å². The van der Waals surface area contributed by atoms with Gasteiger partial charge in [0, 0.05) is 17.8 Å². The molecule has 4 nitrogen and oxygen atoms in total. The third-order valence-electron chi connectivity index (χ3n) is 3.25. The van der Waals surface area contributed by atoms with Crippen LogP contribution in [0.1, 0.15) is 28.8 Å². The maximum Gasteiger partial charge on any atom is 0.251 e. The van der Waals surface area contributed by atoms with Crippen molar-refractivity contribution in [2.45, 2.75) is 19.3 Å². The highest BCUT2D eigenvalue weighted by Crippen LogP contribution is 2.28. The van der Waals surface area contributed by atoms with E-state index >= 15 is 0 Å². The maximum absolute atomic E-state index is 11.8. The van der Waals surface area contributed by atoms with E-state index in [1.54, 1.807) is 12.1 Å². The molecular formula is C13H14N2O2. The second kappa shape index (κ2) is 3.87. The summed E-state index contributed by atoms with van der Waals surface area (Å²) in [6.07, 6.45) is 2.86. The molecule has 0 bridgehead atoms. The molecule has 0 aromatic heterocycles. The molecular weight excluding hydrogens is 216 g/mol. The third kappa shape index (κ3) is 2.16. The van der Waals surface area contributed by atoms with Gasteiger partial charge in [0.1, 0.15) is 0 Å². The Morgan fingerprint density at radius 1 is 1.41 bits per heavy atom. The van der Waals surface area contributed by atoms with Crippen LogP contribution in [0.4, 0.5) is 5.69 Å². The molecule has 2 N–H and O–H groups in total. The first kappa shape index (κ1) is 10.3. The van der Waals surface area contributed by atoms with Crippen molar-refractivity contribution in [3.63, 3.8) is 0 Å². The molecule has 0 atom stereocenters. The van der Waals surface area contributed by atoms with Crippen molar-refractivity contribution in [2.24, 2.45) is 5.92 Å². The molecule has 0 saturated heterocycles. The number of carbonyl (C=O) groups excluding carboxylic acids is 2. The van der Waals surface area contributed by atoms with E-state index < -0.39 is 0 Å². The van der Waals surface area contributed by atoms with Crippen molar-refractivity contribution in [3.8, 4) is 0 Å². The van der Waals surface area contributed by atoms with Gasteiger partial charge in [0.15, 0.2) is 0 Å². The maximum atomic E-state index is 11.8. The van der Waals surface area contributed by atoms with Crippen LogP contribution >= 0.6 is 0 Å². The summed E-state index contributed by atoms with van der Waals surface area (Å²) >= 11 is 0. The monoisotopic (exact) mass is 230 g/mol. The van der Waals surface area contributed by atoms with Crippen molar-refractivity contribution >= 4 is 17.5 Å². The molecule has 1 aromatic rings. The van der Waals surface area contributed by atoms with E-state index in [9.17, 15) is 9.59 Å². The lowest BCUT2D eigenvalue weighted by Gasteiger charge is -2.05. The first-order valence-electron chi connectivity index (χ1n) is 5.93. The lowest BCUT2D eigenvalue weighted by Crippen LogP contribution is -2.25. The lowest BCUT2D eigenvalue weighted by molar-refractivity contribution is -0.115. The number of amides is 2. The minimum absolute atomic E-state index is 0.00413. The average molecular weight is 230 g/mol. The minimum atomic E-state index is -0.0548. The highest BCUT2D eigenvalue weighted by Gasteiger charge is 2.23. The van der Waals surface area contributed by atoms with Crippen LogP contribution in [0.5, 0.6) is 0 Å². The molecule has 0 spiro atoms. The number of hydrogen-bond acceptors (Lipinski definition) is 2. The van der Waals surface area contributed by atoms with Gasteiger partial charge >= 0.3 is 0 Å². The summed E-state index contributed by atoms with van der Waals surface area (Å²) in [5.74, 6) is 0.615. The van der Waals surface area contributed by atoms with Crippen LogP contribution in [0.15, 0.2) is 18.2 Å². The van der Waals surface area contributed by atoms with Crippen molar-refractivity contribution in [1.29, 1.82) is 0 Å². The molecule has 88 valence electrons. The van der Waals surface area contributed by atoms with E-state index in [0.717, 1.165) is 17.8 Å². The van der Waals surface area contributed by atoms with Crippen molar-refractivity contribution in [1.82, 2.24) is 5.32 Å². The van der Waals surface area contributed by atoms with Crippen molar-refractivity contribution in [2.75, 3.05) is 11.9 Å². The number of benzene rings is 1. The van der Waals surface area contributed by atoms with Gasteiger partial charge in [-0.15, -0.1) is 0 Å². The minimum Gasteiger partial charge on any atom is -0.352 e. The molecule has 0 unspecified atom stereocenters. The second-order valence-corrected chi connectivity index (χ2v) is 4.75. The van der Waals surface area contributed by atoms with E-state index in [1.165, 1.54) is 12.8 Å². The number of fused-ring (bicyclic) bond motifs is 1. The fourth-order valence-corrected chi connectivity index (χ4v) is 2.02. The lowest BCUT2D eigenvalue weighted by atomic mass is 10.1. The summed E-state index contributed by atoms with van der Waals surface area (Å²) in [7, 11) is 0. The first-order valence-corrected chi connectivity index (χ1v) is 5.93. The highest BCUT2D eigenvalue weighted by molar-refractivity contribution is 6.02.